The first-order valence-electron chi connectivity index (χ1n) is 40.0. The van der Waals surface area contributed by atoms with Crippen molar-refractivity contribution in [3.05, 3.63) is 151 Å². The van der Waals surface area contributed by atoms with Crippen LogP contribution in [0.15, 0.2) is 84.2 Å². The zero-order valence-electron chi connectivity index (χ0n) is 70.8. The summed E-state index contributed by atoms with van der Waals surface area (Å²) in [5.41, 5.74) is 16.2. The molecule has 4 heterocycles. The number of carbonyl (C=O) groups is 6. The maximum Gasteiger partial charge on any atom is 0.306 e. The minimum Gasteiger partial charge on any atom is -0.493 e. The van der Waals surface area contributed by atoms with Crippen LogP contribution in [0.25, 0.3) is 12.2 Å². The second-order valence-corrected chi connectivity index (χ2v) is 31.0. The number of hydrogen-bond donors (Lipinski definition) is 0. The summed E-state index contributed by atoms with van der Waals surface area (Å²) in [5, 5.41) is 0. The molecule has 0 radical (unpaired) electrons. The fraction of sp³-hybridized carbons (Fsp3) is 0.500. The molecular formula is C92H116N4O20. The molecule has 624 valence electrons. The molecule has 0 N–H and O–H groups in total. The fourth-order valence-corrected chi connectivity index (χ4v) is 18.7. The van der Waals surface area contributed by atoms with E-state index in [1.165, 1.54) is 68.1 Å². The van der Waals surface area contributed by atoms with Gasteiger partial charge in [0.2, 0.25) is 11.8 Å². The lowest BCUT2D eigenvalue weighted by Crippen LogP contribution is -2.35. The fourth-order valence-electron chi connectivity index (χ4n) is 18.7. The van der Waals surface area contributed by atoms with Crippen molar-refractivity contribution in [2.24, 2.45) is 35.5 Å². The molecule has 8 atom stereocenters. The highest BCUT2D eigenvalue weighted by molar-refractivity contribution is 5.91. The van der Waals surface area contributed by atoms with Gasteiger partial charge in [-0.25, -0.2) is 0 Å². The highest BCUT2D eigenvalue weighted by Gasteiger charge is 2.43. The maximum absolute atomic E-state index is 12.2. The molecular weight excluding hydrogens is 1480 g/mol. The van der Waals surface area contributed by atoms with E-state index in [9.17, 15) is 28.8 Å². The Kier molecular flexibility index (Phi) is 29.0. The van der Waals surface area contributed by atoms with Crippen molar-refractivity contribution in [1.82, 2.24) is 19.6 Å². The van der Waals surface area contributed by atoms with Gasteiger partial charge in [0.05, 0.1) is 112 Å². The van der Waals surface area contributed by atoms with Gasteiger partial charge < -0.3 is 85.9 Å². The Morgan fingerprint density at radius 1 is 0.362 bits per heavy atom. The van der Waals surface area contributed by atoms with Crippen molar-refractivity contribution in [2.75, 3.05) is 140 Å². The quantitative estimate of drug-likeness (QED) is 0.0726. The smallest absolute Gasteiger partial charge is 0.306 e. The van der Waals surface area contributed by atoms with Crippen molar-refractivity contribution in [1.29, 1.82) is 0 Å². The third-order valence-electron chi connectivity index (χ3n) is 24.9. The summed E-state index contributed by atoms with van der Waals surface area (Å²) in [6.45, 7) is 5.36. The van der Waals surface area contributed by atoms with Crippen LogP contribution in [0.2, 0.25) is 0 Å². The Hall–Kier alpha value is -10.5. The van der Waals surface area contributed by atoms with E-state index in [0.29, 0.717) is 61.5 Å². The standard InChI is InChI=1S/C17H21NO3.C15H17NO3.2C15H21NO2.2C15H18O5/c1-4-7-18-14-9-11-5-6-15(20-2)17(21-3)13(11)8-12(14)10-16(18)19;1-16-12-7-9-4-5-13(18-2)15(19-3)11(9)6-10(12)8-14(16)17;2*1-16-7-6-11-8-12-10(9-13(11)16)4-5-14(17-2)15(12)18-3;2*1-18-13-5-4-9-7-12(16)10(8-14(17)19-2)6-11(9)15(13)20-3/h5-6,9,12H,4,7-8,10H2,1-3H3;4-5,7,10H,6,8H2,1-3H3;2*4-5,11,13H,6-9H2,1-3H3;2*4-5,10H,6-8H2,1-3H3/t;;2*11-,13?;;/m..11../s1. The zero-order valence-corrected chi connectivity index (χ0v) is 70.8. The van der Waals surface area contributed by atoms with Crippen molar-refractivity contribution < 1.29 is 95.1 Å². The number of methoxy groups -OCH3 is 14. The topological polar surface area (TPSA) is 245 Å². The second kappa shape index (κ2) is 39.0. The number of likely N-dealkylation sites (N-methyl/N-ethyl adjacent to an activating group) is 2. The second-order valence-electron chi connectivity index (χ2n) is 31.0. The number of Topliss-reactive ketones (excluding diaryl/α,β-unsaturated/α-hetero) is 2. The first-order valence-corrected chi connectivity index (χ1v) is 40.0. The number of allylic oxidation sites excluding steroid dienone is 2. The first kappa shape index (κ1) is 86.4. The minimum atomic E-state index is -0.367. The Morgan fingerprint density at radius 3 is 1.04 bits per heavy atom. The molecule has 0 saturated carbocycles. The van der Waals surface area contributed by atoms with E-state index in [2.05, 4.69) is 64.6 Å². The molecule has 16 rings (SSSR count). The number of rotatable bonds is 18. The Balaban J connectivity index is 0.000000137. The van der Waals surface area contributed by atoms with Gasteiger partial charge in [0, 0.05) is 120 Å². The third-order valence-corrected chi connectivity index (χ3v) is 24.9. The van der Waals surface area contributed by atoms with Crippen LogP contribution < -0.4 is 56.8 Å². The summed E-state index contributed by atoms with van der Waals surface area (Å²) in [5.74, 6) is 10.5. The van der Waals surface area contributed by atoms with Crippen LogP contribution >= 0.6 is 0 Å². The molecule has 0 bridgehead atoms. The number of fused-ring (bicyclic) bond motifs is 10. The number of hydrogen-bond acceptors (Lipinski definition) is 22. The number of amides is 2. The van der Waals surface area contributed by atoms with Gasteiger partial charge in [-0.05, 0) is 192 Å². The first-order chi connectivity index (χ1) is 56.0. The number of ketones is 2. The van der Waals surface area contributed by atoms with E-state index < -0.39 is 0 Å². The molecule has 6 unspecified atom stereocenters. The van der Waals surface area contributed by atoms with E-state index in [4.69, 9.17) is 56.8 Å². The summed E-state index contributed by atoms with van der Waals surface area (Å²) in [7, 11) is 28.8. The minimum absolute atomic E-state index is 0.0649. The third kappa shape index (κ3) is 18.2. The van der Waals surface area contributed by atoms with Crippen LogP contribution in [0.3, 0.4) is 0 Å². The van der Waals surface area contributed by atoms with Crippen LogP contribution in [0.1, 0.15) is 119 Å². The molecule has 4 saturated heterocycles. The summed E-state index contributed by atoms with van der Waals surface area (Å²) in [4.78, 5) is 79.6. The molecule has 24 heteroatoms. The molecule has 4 fully saturated rings. The molecule has 4 aliphatic heterocycles. The lowest BCUT2D eigenvalue weighted by atomic mass is 9.80. The molecule has 0 aromatic heterocycles. The SMILES string of the molecule is CCCN1C(=O)CC2Cc3c(ccc(OC)c3OC)C=C21.COC(=O)CC1Cc2c(ccc(OC)c2OC)CC1=O.COC(=O)CC1Cc2c(ccc(OC)c2OC)CC1=O.COc1ccc2c(c1OC)CC1CC(=O)N(C)C1=C2.COc1ccc2c(c1OC)C[C@H]1CCN(C)C1C2.COc1ccc2c(c1OC)C[C@H]1CCN(C)C1C2. The van der Waals surface area contributed by atoms with E-state index in [0.717, 1.165) is 172 Å². The van der Waals surface area contributed by atoms with Gasteiger partial charge in [0.1, 0.15) is 11.6 Å². The normalized spacial score (nSPS) is 21.3. The predicted molar refractivity (Wildman–Crippen MR) is 441 cm³/mol. The van der Waals surface area contributed by atoms with E-state index >= 15 is 0 Å². The van der Waals surface area contributed by atoms with Crippen molar-refractivity contribution in [3.63, 3.8) is 0 Å². The summed E-state index contributed by atoms with van der Waals surface area (Å²) >= 11 is 0. The molecule has 6 aromatic carbocycles. The van der Waals surface area contributed by atoms with Crippen LogP contribution in [0.5, 0.6) is 69.0 Å². The monoisotopic (exact) mass is 1600 g/mol. The average Bonchev–Trinajstić information content (AvgIpc) is 1.61. The van der Waals surface area contributed by atoms with Crippen LogP contribution in [-0.2, 0) is 102 Å². The highest BCUT2D eigenvalue weighted by atomic mass is 16.5. The van der Waals surface area contributed by atoms with Crippen LogP contribution in [0.4, 0.5) is 0 Å². The molecule has 0 spiro atoms. The number of ether oxygens (including phenoxy) is 14. The van der Waals surface area contributed by atoms with Crippen molar-refractivity contribution >= 4 is 47.5 Å². The van der Waals surface area contributed by atoms with Gasteiger partial charge >= 0.3 is 11.9 Å². The van der Waals surface area contributed by atoms with E-state index in [-0.39, 0.29) is 71.8 Å². The van der Waals surface area contributed by atoms with Crippen LogP contribution in [0, 0.1) is 35.5 Å². The highest BCUT2D eigenvalue weighted by Crippen LogP contribution is 2.49. The Morgan fingerprint density at radius 2 is 0.690 bits per heavy atom. The van der Waals surface area contributed by atoms with Crippen molar-refractivity contribution in [2.45, 2.75) is 128 Å². The molecule has 24 nitrogen and oxygen atoms in total. The molecule has 10 aliphatic rings. The lowest BCUT2D eigenvalue weighted by Gasteiger charge is -2.32. The Labute approximate surface area is 682 Å². The maximum atomic E-state index is 12.2. The average molecular weight is 1600 g/mol. The predicted octanol–water partition coefficient (Wildman–Crippen LogP) is 12.3. The number of nitrogens with zero attached hydrogens (tertiary/aromatic N) is 4. The van der Waals surface area contributed by atoms with E-state index in [1.54, 1.807) is 102 Å². The van der Waals surface area contributed by atoms with Gasteiger partial charge in [-0.1, -0.05) is 43.3 Å². The summed E-state index contributed by atoms with van der Waals surface area (Å²) in [6, 6.07) is 25.2. The summed E-state index contributed by atoms with van der Waals surface area (Å²) < 4.78 is 74.3. The molecule has 6 aliphatic carbocycles. The number of likely N-dealkylation sites (tertiary alicyclic amines) is 4. The zero-order chi connectivity index (χ0) is 83.3. The van der Waals surface area contributed by atoms with Gasteiger partial charge in [-0.2, -0.15) is 0 Å². The number of esters is 2. The van der Waals surface area contributed by atoms with E-state index in [1.807, 2.05) is 60.5 Å². The molecule has 116 heavy (non-hydrogen) atoms. The molecule has 6 aromatic rings. The lowest BCUT2D eigenvalue weighted by molar-refractivity contribution is -0.144. The van der Waals surface area contributed by atoms with Gasteiger partial charge in [-0.3, -0.25) is 28.8 Å². The van der Waals surface area contributed by atoms with Gasteiger partial charge in [0.25, 0.3) is 0 Å². The molecule has 2 amide bonds. The number of benzene rings is 6. The summed E-state index contributed by atoms with van der Waals surface area (Å²) in [6.07, 6.45) is 17.0. The largest absolute Gasteiger partial charge is 0.493 e. The van der Waals surface area contributed by atoms with Crippen LogP contribution in [-0.4, -0.2) is 207 Å². The number of carbonyl (C=O) groups excluding carboxylic acids is 6. The van der Waals surface area contributed by atoms with Gasteiger partial charge in [0.15, 0.2) is 69.0 Å². The van der Waals surface area contributed by atoms with Gasteiger partial charge in [-0.15, -0.1) is 0 Å². The Bertz CT molecular complexity index is 4480. The van der Waals surface area contributed by atoms with Crippen molar-refractivity contribution in [3.8, 4) is 69.0 Å².